The number of amides is 1. The van der Waals surface area contributed by atoms with Crippen molar-refractivity contribution in [2.24, 2.45) is 0 Å². The van der Waals surface area contributed by atoms with E-state index in [-0.39, 0.29) is 27.4 Å². The van der Waals surface area contributed by atoms with Crippen molar-refractivity contribution in [1.82, 2.24) is 4.90 Å². The van der Waals surface area contributed by atoms with E-state index in [2.05, 4.69) is 4.72 Å². The van der Waals surface area contributed by atoms with E-state index in [0.29, 0.717) is 11.4 Å². The minimum atomic E-state index is -4.00. The molecule has 1 aromatic heterocycles. The van der Waals surface area contributed by atoms with Gasteiger partial charge in [0.2, 0.25) is 0 Å². The Morgan fingerprint density at radius 1 is 1.17 bits per heavy atom. The van der Waals surface area contributed by atoms with Crippen molar-refractivity contribution in [3.8, 4) is 5.75 Å². The molecule has 0 spiro atoms. The molecule has 0 aliphatic carbocycles. The second-order valence-electron chi connectivity index (χ2n) is 6.59. The predicted molar refractivity (Wildman–Crippen MR) is 120 cm³/mol. The Hall–Kier alpha value is -2.55. The molecule has 6 nitrogen and oxygen atoms in total. The van der Waals surface area contributed by atoms with Gasteiger partial charge in [-0.1, -0.05) is 17.7 Å². The molecule has 1 heterocycles. The van der Waals surface area contributed by atoms with E-state index in [4.69, 9.17) is 16.3 Å². The summed E-state index contributed by atoms with van der Waals surface area (Å²) in [4.78, 5) is 15.4. The van der Waals surface area contributed by atoms with Crippen LogP contribution in [0.1, 0.15) is 28.2 Å². The Balaban J connectivity index is 1.87. The van der Waals surface area contributed by atoms with Crippen molar-refractivity contribution in [1.29, 1.82) is 0 Å². The minimum absolute atomic E-state index is 0.0292. The van der Waals surface area contributed by atoms with E-state index in [1.807, 2.05) is 24.4 Å². The number of ether oxygens (including phenoxy) is 1. The lowest BCUT2D eigenvalue weighted by atomic mass is 10.1. The van der Waals surface area contributed by atoms with E-state index in [1.54, 1.807) is 47.5 Å². The second-order valence-corrected chi connectivity index (χ2v) is 9.62. The number of carbonyl (C=O) groups is 1. The molecule has 0 fully saturated rings. The highest BCUT2D eigenvalue weighted by Crippen LogP contribution is 2.28. The summed E-state index contributed by atoms with van der Waals surface area (Å²) in [6.07, 6.45) is 0. The number of hydrogen-bond acceptors (Lipinski definition) is 5. The summed E-state index contributed by atoms with van der Waals surface area (Å²) >= 11 is 7.72. The fourth-order valence-electron chi connectivity index (χ4n) is 2.81. The number of methoxy groups -OCH3 is 1. The quantitative estimate of drug-likeness (QED) is 0.531. The number of benzene rings is 2. The number of hydrogen-bond donors (Lipinski definition) is 1. The molecule has 1 amide bonds. The molecule has 158 valence electrons. The Labute approximate surface area is 185 Å². The van der Waals surface area contributed by atoms with Gasteiger partial charge in [0.15, 0.2) is 0 Å². The van der Waals surface area contributed by atoms with E-state index in [0.717, 1.165) is 4.88 Å². The fraction of sp³-hybridized carbons (Fsp3) is 0.190. The first kappa shape index (κ1) is 22.1. The van der Waals surface area contributed by atoms with Crippen LogP contribution in [0.5, 0.6) is 5.75 Å². The largest absolute Gasteiger partial charge is 0.497 e. The van der Waals surface area contributed by atoms with Crippen LogP contribution in [0.25, 0.3) is 0 Å². The van der Waals surface area contributed by atoms with Crippen LogP contribution in [0.3, 0.4) is 0 Å². The van der Waals surface area contributed by atoms with Gasteiger partial charge in [0.05, 0.1) is 18.2 Å². The van der Waals surface area contributed by atoms with Gasteiger partial charge in [-0.05, 0) is 60.8 Å². The molecule has 0 aliphatic rings. The highest BCUT2D eigenvalue weighted by molar-refractivity contribution is 7.92. The van der Waals surface area contributed by atoms with Gasteiger partial charge >= 0.3 is 0 Å². The molecule has 3 aromatic rings. The molecule has 0 saturated carbocycles. The summed E-state index contributed by atoms with van der Waals surface area (Å²) in [6.45, 7) is 1.92. The van der Waals surface area contributed by atoms with Crippen molar-refractivity contribution >= 4 is 44.6 Å². The van der Waals surface area contributed by atoms with Crippen molar-refractivity contribution in [3.63, 3.8) is 0 Å². The monoisotopic (exact) mass is 464 g/mol. The van der Waals surface area contributed by atoms with E-state index < -0.39 is 10.0 Å². The van der Waals surface area contributed by atoms with Crippen LogP contribution in [0, 0.1) is 0 Å². The molecule has 0 radical (unpaired) electrons. The molecule has 0 bridgehead atoms. The van der Waals surface area contributed by atoms with Crippen LogP contribution in [0.2, 0.25) is 5.02 Å². The van der Waals surface area contributed by atoms with Crippen LogP contribution >= 0.6 is 22.9 Å². The average Bonchev–Trinajstić information content (AvgIpc) is 3.27. The molecule has 1 atom stereocenters. The fourth-order valence-corrected chi connectivity index (χ4v) is 5.22. The molecule has 0 aliphatic heterocycles. The predicted octanol–water partition coefficient (Wildman–Crippen LogP) is 5.04. The van der Waals surface area contributed by atoms with Gasteiger partial charge in [-0.3, -0.25) is 9.52 Å². The lowest BCUT2D eigenvalue weighted by molar-refractivity contribution is 0.0744. The summed E-state index contributed by atoms with van der Waals surface area (Å²) in [7, 11) is -0.789. The number of nitrogens with one attached hydrogen (secondary N) is 1. The molecule has 3 rings (SSSR count). The number of rotatable bonds is 7. The molecular formula is C21H21ClN2O4S2. The van der Waals surface area contributed by atoms with Crippen molar-refractivity contribution in [3.05, 3.63) is 75.4 Å². The Bertz CT molecular complexity index is 1130. The summed E-state index contributed by atoms with van der Waals surface area (Å²) in [5.41, 5.74) is 0.590. The summed E-state index contributed by atoms with van der Waals surface area (Å²) in [5.74, 6) is 0.305. The highest BCUT2D eigenvalue weighted by atomic mass is 35.5. The van der Waals surface area contributed by atoms with Crippen molar-refractivity contribution in [2.45, 2.75) is 17.9 Å². The number of anilines is 1. The Morgan fingerprint density at radius 3 is 2.47 bits per heavy atom. The number of nitrogens with zero attached hydrogens (tertiary/aromatic N) is 1. The van der Waals surface area contributed by atoms with Gasteiger partial charge in [0.25, 0.3) is 15.9 Å². The van der Waals surface area contributed by atoms with Crippen LogP contribution in [-0.4, -0.2) is 33.4 Å². The minimum Gasteiger partial charge on any atom is -0.497 e. The maximum absolute atomic E-state index is 13.0. The van der Waals surface area contributed by atoms with E-state index in [9.17, 15) is 13.2 Å². The van der Waals surface area contributed by atoms with Crippen molar-refractivity contribution in [2.75, 3.05) is 18.9 Å². The maximum atomic E-state index is 13.0. The van der Waals surface area contributed by atoms with Gasteiger partial charge in [0.1, 0.15) is 10.6 Å². The zero-order chi connectivity index (χ0) is 21.9. The van der Waals surface area contributed by atoms with Gasteiger partial charge in [-0.15, -0.1) is 11.3 Å². The summed E-state index contributed by atoms with van der Waals surface area (Å²) in [6, 6.07) is 14.4. The zero-order valence-electron chi connectivity index (χ0n) is 16.6. The number of halogens is 1. The summed E-state index contributed by atoms with van der Waals surface area (Å²) < 4.78 is 33.3. The number of carbonyl (C=O) groups excluding carboxylic acids is 1. The normalized spacial score (nSPS) is 12.3. The van der Waals surface area contributed by atoms with Crippen LogP contribution in [0.4, 0.5) is 5.69 Å². The molecule has 0 saturated heterocycles. The first-order valence-electron chi connectivity index (χ1n) is 9.00. The zero-order valence-corrected chi connectivity index (χ0v) is 19.0. The lowest BCUT2D eigenvalue weighted by Gasteiger charge is -2.24. The van der Waals surface area contributed by atoms with Gasteiger partial charge < -0.3 is 9.64 Å². The SMILES string of the molecule is COc1ccc(NS(=O)(=O)c2cc(C(=O)N(C)C(C)c3cccs3)ccc2Cl)cc1. The topological polar surface area (TPSA) is 75.7 Å². The van der Waals surface area contributed by atoms with Crippen LogP contribution in [-0.2, 0) is 10.0 Å². The van der Waals surface area contributed by atoms with Gasteiger partial charge in [-0.2, -0.15) is 0 Å². The van der Waals surface area contributed by atoms with Crippen LogP contribution < -0.4 is 9.46 Å². The van der Waals surface area contributed by atoms with Gasteiger partial charge in [-0.25, -0.2) is 8.42 Å². The molecule has 1 unspecified atom stereocenters. The average molecular weight is 465 g/mol. The van der Waals surface area contributed by atoms with E-state index in [1.165, 1.54) is 25.3 Å². The number of thiophene rings is 1. The third kappa shape index (κ3) is 4.77. The number of sulfonamides is 1. The molecule has 30 heavy (non-hydrogen) atoms. The first-order chi connectivity index (χ1) is 14.2. The van der Waals surface area contributed by atoms with E-state index >= 15 is 0 Å². The standard InChI is InChI=1S/C21H21ClN2O4S2/c1-14(19-5-4-12-29-19)24(2)21(25)15-6-11-18(22)20(13-15)30(26,27)23-16-7-9-17(28-3)10-8-16/h4-14,23H,1-3H3. The smallest absolute Gasteiger partial charge is 0.263 e. The molecule has 9 heteroatoms. The summed E-state index contributed by atoms with van der Waals surface area (Å²) in [5, 5.41) is 1.98. The first-order valence-corrected chi connectivity index (χ1v) is 11.7. The Kier molecular flexibility index (Phi) is 6.70. The lowest BCUT2D eigenvalue weighted by Crippen LogP contribution is -2.29. The molecule has 2 aromatic carbocycles. The highest BCUT2D eigenvalue weighted by Gasteiger charge is 2.24. The molecular weight excluding hydrogens is 444 g/mol. The second kappa shape index (κ2) is 9.07. The molecule has 1 N–H and O–H groups in total. The maximum Gasteiger partial charge on any atom is 0.263 e. The van der Waals surface area contributed by atoms with Gasteiger partial charge in [0, 0.05) is 23.2 Å². The van der Waals surface area contributed by atoms with Crippen molar-refractivity contribution < 1.29 is 17.9 Å². The Morgan fingerprint density at radius 2 is 1.87 bits per heavy atom. The third-order valence-corrected chi connectivity index (χ3v) is 7.57. The van der Waals surface area contributed by atoms with Crippen LogP contribution in [0.15, 0.2) is 64.9 Å². The third-order valence-electron chi connectivity index (χ3n) is 4.67.